The summed E-state index contributed by atoms with van der Waals surface area (Å²) in [7, 11) is 1.28. The van der Waals surface area contributed by atoms with Crippen molar-refractivity contribution in [3.05, 3.63) is 83.2 Å². The third-order valence-corrected chi connectivity index (χ3v) is 5.24. The average Bonchev–Trinajstić information content (AvgIpc) is 3.28. The Bertz CT molecular complexity index is 1120. The molecule has 0 radical (unpaired) electrons. The molecule has 0 saturated carbocycles. The Kier molecular flexibility index (Phi) is 5.26. The van der Waals surface area contributed by atoms with Crippen LogP contribution in [0.5, 0.6) is 0 Å². The lowest BCUT2D eigenvalue weighted by molar-refractivity contribution is -0.146. The Balaban J connectivity index is 1.59. The Labute approximate surface area is 175 Å². The van der Waals surface area contributed by atoms with Gasteiger partial charge in [-0.25, -0.2) is 9.48 Å². The van der Waals surface area contributed by atoms with Gasteiger partial charge in [0.2, 0.25) is 0 Å². The van der Waals surface area contributed by atoms with Crippen molar-refractivity contribution in [3.63, 3.8) is 0 Å². The molecule has 2 aromatic carbocycles. The Hall–Kier alpha value is -3.62. The van der Waals surface area contributed by atoms with E-state index in [1.807, 2.05) is 24.3 Å². The topological polar surface area (TPSA) is 64.4 Å². The normalized spacial score (nSPS) is 16.0. The zero-order valence-electron chi connectivity index (χ0n) is 16.5. The molecule has 3 aromatic rings. The van der Waals surface area contributed by atoms with Crippen LogP contribution in [0.3, 0.4) is 0 Å². The minimum Gasteiger partial charge on any atom is -0.467 e. The van der Waals surface area contributed by atoms with Crippen LogP contribution in [0, 0.1) is 0 Å². The summed E-state index contributed by atoms with van der Waals surface area (Å²) in [4.78, 5) is 27.0. The first-order valence-electron chi connectivity index (χ1n) is 9.47. The van der Waals surface area contributed by atoms with Crippen LogP contribution in [0.2, 0.25) is 0 Å². The van der Waals surface area contributed by atoms with Crippen LogP contribution < -0.4 is 0 Å². The summed E-state index contributed by atoms with van der Waals surface area (Å²) in [6.07, 6.45) is -2.98. The first-order valence-corrected chi connectivity index (χ1v) is 9.47. The van der Waals surface area contributed by atoms with E-state index in [4.69, 9.17) is 4.74 Å². The minimum absolute atomic E-state index is 0.255. The standard InChI is InChI=1S/C22H18F3N3O3/c1-31-21(30)18-12-15-4-2-3-5-16(15)13-27(18)20(29)14-6-8-17(9-7-14)28-11-10-19(26-28)22(23,24)25/h2-11,18H,12-13H2,1H3. The number of hydrogen-bond acceptors (Lipinski definition) is 4. The van der Waals surface area contributed by atoms with Crippen molar-refractivity contribution in [1.82, 2.24) is 14.7 Å². The van der Waals surface area contributed by atoms with Gasteiger partial charge in [-0.2, -0.15) is 18.3 Å². The largest absolute Gasteiger partial charge is 0.467 e. The molecule has 0 saturated heterocycles. The first-order chi connectivity index (χ1) is 14.8. The number of carbonyl (C=O) groups excluding carboxylic acids is 2. The lowest BCUT2D eigenvalue weighted by Crippen LogP contribution is -2.49. The van der Waals surface area contributed by atoms with Gasteiger partial charge in [0.05, 0.1) is 12.8 Å². The number of carbonyl (C=O) groups is 2. The van der Waals surface area contributed by atoms with E-state index >= 15 is 0 Å². The second kappa shape index (κ2) is 7.90. The van der Waals surface area contributed by atoms with E-state index in [9.17, 15) is 22.8 Å². The Morgan fingerprint density at radius 1 is 1.03 bits per heavy atom. The highest BCUT2D eigenvalue weighted by Gasteiger charge is 2.36. The lowest BCUT2D eigenvalue weighted by atomic mass is 9.93. The van der Waals surface area contributed by atoms with Crippen molar-refractivity contribution in [2.45, 2.75) is 25.2 Å². The molecule has 1 unspecified atom stereocenters. The molecule has 31 heavy (non-hydrogen) atoms. The van der Waals surface area contributed by atoms with Gasteiger partial charge in [-0.1, -0.05) is 24.3 Å². The van der Waals surface area contributed by atoms with Crippen molar-refractivity contribution in [3.8, 4) is 5.69 Å². The van der Waals surface area contributed by atoms with Crippen molar-refractivity contribution >= 4 is 11.9 Å². The van der Waals surface area contributed by atoms with E-state index < -0.39 is 23.9 Å². The summed E-state index contributed by atoms with van der Waals surface area (Å²) in [6.45, 7) is 0.255. The number of fused-ring (bicyclic) bond motifs is 1. The highest BCUT2D eigenvalue weighted by atomic mass is 19.4. The lowest BCUT2D eigenvalue weighted by Gasteiger charge is -2.35. The number of nitrogens with zero attached hydrogens (tertiary/aromatic N) is 3. The molecule has 1 atom stereocenters. The summed E-state index contributed by atoms with van der Waals surface area (Å²) in [6, 6.07) is 13.7. The molecule has 9 heteroatoms. The van der Waals surface area contributed by atoms with E-state index in [1.54, 1.807) is 0 Å². The number of hydrogen-bond donors (Lipinski definition) is 0. The van der Waals surface area contributed by atoms with Crippen molar-refractivity contribution < 1.29 is 27.5 Å². The smallest absolute Gasteiger partial charge is 0.435 e. The monoisotopic (exact) mass is 429 g/mol. The molecule has 0 bridgehead atoms. The first kappa shape index (κ1) is 20.6. The molecule has 1 amide bonds. The van der Waals surface area contributed by atoms with Gasteiger partial charge >= 0.3 is 12.1 Å². The molecule has 2 heterocycles. The van der Waals surface area contributed by atoms with E-state index in [-0.39, 0.29) is 12.5 Å². The summed E-state index contributed by atoms with van der Waals surface area (Å²) in [5.41, 5.74) is 1.61. The third-order valence-electron chi connectivity index (χ3n) is 5.24. The predicted octanol–water partition coefficient (Wildman–Crippen LogP) is 3.63. The number of ether oxygens (including phenoxy) is 1. The van der Waals surface area contributed by atoms with E-state index in [0.29, 0.717) is 17.7 Å². The van der Waals surface area contributed by atoms with E-state index in [0.717, 1.165) is 21.9 Å². The van der Waals surface area contributed by atoms with Crippen LogP contribution in [-0.2, 0) is 28.7 Å². The number of amides is 1. The van der Waals surface area contributed by atoms with Gasteiger partial charge < -0.3 is 9.64 Å². The maximum Gasteiger partial charge on any atom is 0.435 e. The summed E-state index contributed by atoms with van der Waals surface area (Å²) < 4.78 is 44.3. The fourth-order valence-corrected chi connectivity index (χ4v) is 3.62. The van der Waals surface area contributed by atoms with Crippen molar-refractivity contribution in [2.24, 2.45) is 0 Å². The molecule has 0 aliphatic carbocycles. The van der Waals surface area contributed by atoms with Crippen LogP contribution in [0.1, 0.15) is 27.2 Å². The predicted molar refractivity (Wildman–Crippen MR) is 104 cm³/mol. The molecular formula is C22H18F3N3O3. The molecule has 0 N–H and O–H groups in total. The van der Waals surface area contributed by atoms with Crippen LogP contribution in [0.25, 0.3) is 5.69 Å². The molecule has 1 aliphatic heterocycles. The van der Waals surface area contributed by atoms with E-state index in [2.05, 4.69) is 5.10 Å². The van der Waals surface area contributed by atoms with Gasteiger partial charge in [-0.05, 0) is 41.5 Å². The molecular weight excluding hydrogens is 411 g/mol. The Morgan fingerprint density at radius 2 is 1.71 bits per heavy atom. The SMILES string of the molecule is COC(=O)C1Cc2ccccc2CN1C(=O)c1ccc(-n2ccc(C(F)(F)F)n2)cc1. The number of rotatable bonds is 3. The number of alkyl halides is 3. The Morgan fingerprint density at radius 3 is 2.32 bits per heavy atom. The number of halogens is 3. The molecule has 1 aromatic heterocycles. The fourth-order valence-electron chi connectivity index (χ4n) is 3.62. The number of methoxy groups -OCH3 is 1. The van der Waals surface area contributed by atoms with Gasteiger partial charge in [-0.3, -0.25) is 4.79 Å². The molecule has 4 rings (SSSR count). The summed E-state index contributed by atoms with van der Waals surface area (Å²) in [5.74, 6) is -0.872. The molecule has 6 nitrogen and oxygen atoms in total. The van der Waals surface area contributed by atoms with Gasteiger partial charge in [-0.15, -0.1) is 0 Å². The second-order valence-corrected chi connectivity index (χ2v) is 7.14. The number of benzene rings is 2. The second-order valence-electron chi connectivity index (χ2n) is 7.14. The summed E-state index contributed by atoms with van der Waals surface area (Å²) in [5, 5.41) is 3.52. The fraction of sp³-hybridized carbons (Fsp3) is 0.227. The maximum absolute atomic E-state index is 13.2. The zero-order chi connectivity index (χ0) is 22.2. The van der Waals surface area contributed by atoms with Gasteiger partial charge in [0.25, 0.3) is 5.91 Å². The van der Waals surface area contributed by atoms with Gasteiger partial charge in [0, 0.05) is 24.7 Å². The van der Waals surface area contributed by atoms with Gasteiger partial charge in [0.15, 0.2) is 5.69 Å². The minimum atomic E-state index is -4.53. The quantitative estimate of drug-likeness (QED) is 0.597. The van der Waals surface area contributed by atoms with Crippen LogP contribution in [0.4, 0.5) is 13.2 Å². The highest BCUT2D eigenvalue weighted by molar-refractivity contribution is 5.97. The zero-order valence-corrected chi connectivity index (χ0v) is 16.5. The van der Waals surface area contributed by atoms with Crippen LogP contribution >= 0.6 is 0 Å². The number of aromatic nitrogens is 2. The average molecular weight is 429 g/mol. The van der Waals surface area contributed by atoms with Crippen LogP contribution in [-0.4, -0.2) is 39.7 Å². The van der Waals surface area contributed by atoms with Crippen LogP contribution in [0.15, 0.2) is 60.8 Å². The van der Waals surface area contributed by atoms with Gasteiger partial charge in [0.1, 0.15) is 6.04 Å². The van der Waals surface area contributed by atoms with E-state index in [1.165, 1.54) is 42.5 Å². The molecule has 1 aliphatic rings. The molecule has 0 spiro atoms. The third kappa shape index (κ3) is 4.03. The molecule has 0 fully saturated rings. The highest BCUT2D eigenvalue weighted by Crippen LogP contribution is 2.28. The summed E-state index contributed by atoms with van der Waals surface area (Å²) >= 11 is 0. The maximum atomic E-state index is 13.2. The number of esters is 1. The van der Waals surface area contributed by atoms with Crippen molar-refractivity contribution in [2.75, 3.05) is 7.11 Å². The van der Waals surface area contributed by atoms with Crippen molar-refractivity contribution in [1.29, 1.82) is 0 Å². The molecule has 160 valence electrons.